The van der Waals surface area contributed by atoms with E-state index in [9.17, 15) is 9.59 Å². The van der Waals surface area contributed by atoms with Gasteiger partial charge in [-0.25, -0.2) is 9.59 Å². The molecule has 1 aliphatic carbocycles. The summed E-state index contributed by atoms with van der Waals surface area (Å²) in [4.78, 5) is 27.6. The first-order valence-electron chi connectivity index (χ1n) is 5.82. The maximum absolute atomic E-state index is 11.5. The van der Waals surface area contributed by atoms with E-state index in [0.29, 0.717) is 13.1 Å². The van der Waals surface area contributed by atoms with Crippen molar-refractivity contribution in [1.29, 1.82) is 0 Å². The second-order valence-corrected chi connectivity index (χ2v) is 4.38. The summed E-state index contributed by atoms with van der Waals surface area (Å²) in [5.41, 5.74) is -0.629. The predicted molar refractivity (Wildman–Crippen MR) is 65.1 cm³/mol. The van der Waals surface area contributed by atoms with Gasteiger partial charge in [-0.05, 0) is 0 Å². The van der Waals surface area contributed by atoms with Gasteiger partial charge in [0.05, 0.1) is 26.3 Å². The SMILES string of the molecule is COC(=O)NC12C=CC=CC1CN(OC(=O)OC)C2. The molecule has 1 heterocycles. The minimum Gasteiger partial charge on any atom is -0.453 e. The van der Waals surface area contributed by atoms with Crippen molar-refractivity contribution in [3.8, 4) is 0 Å². The summed E-state index contributed by atoms with van der Waals surface area (Å²) in [5.74, 6) is 0.00116. The Morgan fingerprint density at radius 2 is 2.11 bits per heavy atom. The number of hydrogen-bond acceptors (Lipinski definition) is 6. The highest BCUT2D eigenvalue weighted by Gasteiger charge is 2.47. The lowest BCUT2D eigenvalue weighted by atomic mass is 9.84. The van der Waals surface area contributed by atoms with Gasteiger partial charge in [-0.2, -0.15) is 0 Å². The quantitative estimate of drug-likeness (QED) is 0.748. The molecule has 2 atom stereocenters. The summed E-state index contributed by atoms with van der Waals surface area (Å²) in [6, 6.07) is 0. The second kappa shape index (κ2) is 5.31. The molecule has 104 valence electrons. The maximum Gasteiger partial charge on any atom is 0.527 e. The molecule has 2 rings (SSSR count). The number of rotatable bonds is 2. The molecule has 19 heavy (non-hydrogen) atoms. The van der Waals surface area contributed by atoms with Crippen LogP contribution in [-0.2, 0) is 14.3 Å². The highest BCUT2D eigenvalue weighted by molar-refractivity contribution is 5.69. The molecule has 1 fully saturated rings. The number of hydroxylamine groups is 2. The van der Waals surface area contributed by atoms with Crippen LogP contribution in [0.25, 0.3) is 0 Å². The van der Waals surface area contributed by atoms with Crippen molar-refractivity contribution < 1.29 is 23.9 Å². The molecule has 0 aromatic heterocycles. The van der Waals surface area contributed by atoms with Gasteiger partial charge in [0.1, 0.15) is 0 Å². The summed E-state index contributed by atoms with van der Waals surface area (Å²) in [6.07, 6.45) is 6.26. The number of nitrogens with zero attached hydrogens (tertiary/aromatic N) is 1. The molecule has 1 saturated heterocycles. The average molecular weight is 268 g/mol. The van der Waals surface area contributed by atoms with Gasteiger partial charge in [0.2, 0.25) is 0 Å². The third-order valence-corrected chi connectivity index (χ3v) is 3.24. The van der Waals surface area contributed by atoms with Crippen molar-refractivity contribution in [3.63, 3.8) is 0 Å². The summed E-state index contributed by atoms with van der Waals surface area (Å²) in [7, 11) is 2.55. The largest absolute Gasteiger partial charge is 0.527 e. The smallest absolute Gasteiger partial charge is 0.453 e. The molecular weight excluding hydrogens is 252 g/mol. The van der Waals surface area contributed by atoms with Gasteiger partial charge in [0.15, 0.2) is 0 Å². The third kappa shape index (κ3) is 2.70. The molecule has 7 heteroatoms. The minimum atomic E-state index is -0.778. The Morgan fingerprint density at radius 3 is 2.79 bits per heavy atom. The number of amides is 1. The van der Waals surface area contributed by atoms with Gasteiger partial charge in [-0.3, -0.25) is 0 Å². The van der Waals surface area contributed by atoms with E-state index < -0.39 is 17.8 Å². The Morgan fingerprint density at radius 1 is 1.32 bits per heavy atom. The molecule has 1 amide bonds. The van der Waals surface area contributed by atoms with Crippen LogP contribution in [0.15, 0.2) is 24.3 Å². The van der Waals surface area contributed by atoms with E-state index in [2.05, 4.69) is 14.8 Å². The van der Waals surface area contributed by atoms with Crippen molar-refractivity contribution in [2.24, 2.45) is 5.92 Å². The number of alkyl carbamates (subject to hydrolysis) is 1. The molecular formula is C12H16N2O5. The lowest BCUT2D eigenvalue weighted by Crippen LogP contribution is -2.53. The van der Waals surface area contributed by atoms with Gasteiger partial charge in [0, 0.05) is 12.5 Å². The topological polar surface area (TPSA) is 77.1 Å². The van der Waals surface area contributed by atoms with Crippen molar-refractivity contribution >= 4 is 12.2 Å². The molecule has 2 unspecified atom stereocenters. The third-order valence-electron chi connectivity index (χ3n) is 3.24. The van der Waals surface area contributed by atoms with Crippen LogP contribution in [0, 0.1) is 5.92 Å². The summed E-state index contributed by atoms with van der Waals surface area (Å²) in [5, 5.41) is 4.26. The van der Waals surface area contributed by atoms with Crippen molar-refractivity contribution in [1.82, 2.24) is 10.4 Å². The summed E-state index contributed by atoms with van der Waals surface area (Å²) in [6.45, 7) is 0.808. The fourth-order valence-corrected chi connectivity index (χ4v) is 2.32. The Balaban J connectivity index is 2.11. The Bertz CT molecular complexity index is 434. The molecule has 0 radical (unpaired) electrons. The second-order valence-electron chi connectivity index (χ2n) is 4.38. The zero-order valence-electron chi connectivity index (χ0n) is 10.8. The van der Waals surface area contributed by atoms with Crippen LogP contribution in [0.1, 0.15) is 0 Å². The fraction of sp³-hybridized carbons (Fsp3) is 0.500. The number of nitrogens with one attached hydrogen (secondary N) is 1. The van der Waals surface area contributed by atoms with E-state index in [-0.39, 0.29) is 5.92 Å². The van der Waals surface area contributed by atoms with Crippen molar-refractivity contribution in [3.05, 3.63) is 24.3 Å². The lowest BCUT2D eigenvalue weighted by molar-refractivity contribution is -0.111. The lowest BCUT2D eigenvalue weighted by Gasteiger charge is -2.31. The van der Waals surface area contributed by atoms with Crippen LogP contribution >= 0.6 is 0 Å². The van der Waals surface area contributed by atoms with Crippen LogP contribution in [0.5, 0.6) is 0 Å². The molecule has 0 bridgehead atoms. The molecule has 1 N–H and O–H groups in total. The Labute approximate surface area is 110 Å². The van der Waals surface area contributed by atoms with E-state index in [1.165, 1.54) is 19.3 Å². The van der Waals surface area contributed by atoms with E-state index >= 15 is 0 Å². The Hall–Kier alpha value is -2.02. The first kappa shape index (κ1) is 13.4. The highest BCUT2D eigenvalue weighted by atomic mass is 16.8. The zero-order chi connectivity index (χ0) is 13.9. The van der Waals surface area contributed by atoms with Crippen LogP contribution in [-0.4, -0.2) is 50.2 Å². The normalized spacial score (nSPS) is 28.6. The number of carbonyl (C=O) groups excluding carboxylic acids is 2. The first-order chi connectivity index (χ1) is 9.09. The van der Waals surface area contributed by atoms with Gasteiger partial charge < -0.3 is 19.6 Å². The van der Waals surface area contributed by atoms with E-state index in [0.717, 1.165) is 0 Å². The Kier molecular flexibility index (Phi) is 3.75. The van der Waals surface area contributed by atoms with E-state index in [4.69, 9.17) is 4.84 Å². The minimum absolute atomic E-state index is 0.00116. The first-order valence-corrected chi connectivity index (χ1v) is 5.82. The number of methoxy groups -OCH3 is 2. The maximum atomic E-state index is 11.5. The van der Waals surface area contributed by atoms with Crippen LogP contribution < -0.4 is 5.32 Å². The van der Waals surface area contributed by atoms with E-state index in [1.54, 1.807) is 0 Å². The molecule has 0 saturated carbocycles. The molecule has 0 aromatic carbocycles. The average Bonchev–Trinajstić information content (AvgIpc) is 2.75. The zero-order valence-corrected chi connectivity index (χ0v) is 10.8. The molecule has 2 aliphatic rings. The van der Waals surface area contributed by atoms with Crippen LogP contribution in [0.2, 0.25) is 0 Å². The number of hydrogen-bond donors (Lipinski definition) is 1. The van der Waals surface area contributed by atoms with Crippen molar-refractivity contribution in [2.75, 3.05) is 27.3 Å². The van der Waals surface area contributed by atoms with Crippen LogP contribution in [0.3, 0.4) is 0 Å². The van der Waals surface area contributed by atoms with Crippen LogP contribution in [0.4, 0.5) is 9.59 Å². The van der Waals surface area contributed by atoms with Gasteiger partial charge >= 0.3 is 12.2 Å². The number of allylic oxidation sites excluding steroid dienone is 2. The number of fused-ring (bicyclic) bond motifs is 1. The van der Waals surface area contributed by atoms with E-state index in [1.807, 2.05) is 24.3 Å². The monoisotopic (exact) mass is 268 g/mol. The van der Waals surface area contributed by atoms with Gasteiger partial charge in [-0.15, -0.1) is 5.06 Å². The number of carbonyl (C=O) groups is 2. The molecule has 0 aromatic rings. The standard InChI is InChI=1S/C12H16N2O5/c1-17-10(15)13-12-6-4-3-5-9(12)7-14(8-12)19-11(16)18-2/h3-6,9H,7-8H2,1-2H3,(H,13,15). The molecule has 0 spiro atoms. The summed E-state index contributed by atoms with van der Waals surface area (Å²) >= 11 is 0. The fourth-order valence-electron chi connectivity index (χ4n) is 2.32. The van der Waals surface area contributed by atoms with Gasteiger partial charge in [-0.1, -0.05) is 24.3 Å². The van der Waals surface area contributed by atoms with Gasteiger partial charge in [0.25, 0.3) is 0 Å². The molecule has 7 nitrogen and oxygen atoms in total. The highest BCUT2D eigenvalue weighted by Crippen LogP contribution is 2.33. The predicted octanol–water partition coefficient (Wildman–Crippen LogP) is 0.837. The number of ether oxygens (including phenoxy) is 2. The van der Waals surface area contributed by atoms with Crippen molar-refractivity contribution in [2.45, 2.75) is 5.54 Å². The molecule has 1 aliphatic heterocycles. The summed E-state index contributed by atoms with van der Waals surface area (Å²) < 4.78 is 9.08.